The first kappa shape index (κ1) is 18.0. The molecular formula is C19H17F3N2O2. The van der Waals surface area contributed by atoms with E-state index in [2.05, 4.69) is 5.32 Å². The van der Waals surface area contributed by atoms with Crippen LogP contribution >= 0.6 is 0 Å². The van der Waals surface area contributed by atoms with Crippen molar-refractivity contribution in [1.29, 1.82) is 0 Å². The Morgan fingerprint density at radius 2 is 1.62 bits per heavy atom. The van der Waals surface area contributed by atoms with Crippen LogP contribution in [0.1, 0.15) is 23.2 Å². The average molecular weight is 362 g/mol. The number of amides is 2. The van der Waals surface area contributed by atoms with Gasteiger partial charge in [0.1, 0.15) is 5.82 Å². The zero-order chi connectivity index (χ0) is 18.7. The molecule has 2 aromatic carbocycles. The molecule has 0 aliphatic carbocycles. The van der Waals surface area contributed by atoms with Gasteiger partial charge in [-0.05, 0) is 43.2 Å². The first-order valence-corrected chi connectivity index (χ1v) is 8.25. The van der Waals surface area contributed by atoms with Crippen LogP contribution in [0.5, 0.6) is 0 Å². The molecule has 1 fully saturated rings. The minimum Gasteiger partial charge on any atom is -0.339 e. The average Bonchev–Trinajstić information content (AvgIpc) is 2.65. The predicted octanol–water partition coefficient (Wildman–Crippen LogP) is 3.59. The highest BCUT2D eigenvalue weighted by molar-refractivity contribution is 5.95. The van der Waals surface area contributed by atoms with E-state index in [0.29, 0.717) is 25.9 Å². The van der Waals surface area contributed by atoms with Gasteiger partial charge < -0.3 is 10.2 Å². The van der Waals surface area contributed by atoms with Crippen molar-refractivity contribution in [3.8, 4) is 0 Å². The van der Waals surface area contributed by atoms with Crippen LogP contribution in [0.3, 0.4) is 0 Å². The van der Waals surface area contributed by atoms with E-state index in [-0.39, 0.29) is 23.1 Å². The Labute approximate surface area is 148 Å². The number of halogens is 3. The summed E-state index contributed by atoms with van der Waals surface area (Å²) in [5, 5.41) is 2.56. The van der Waals surface area contributed by atoms with Gasteiger partial charge in [-0.15, -0.1) is 0 Å². The van der Waals surface area contributed by atoms with Gasteiger partial charge in [0.2, 0.25) is 5.91 Å². The lowest BCUT2D eigenvalue weighted by Gasteiger charge is -2.31. The Bertz CT molecular complexity index is 833. The summed E-state index contributed by atoms with van der Waals surface area (Å²) >= 11 is 0. The molecule has 2 amide bonds. The number of benzene rings is 2. The summed E-state index contributed by atoms with van der Waals surface area (Å²) in [6, 6.07) is 8.92. The molecule has 26 heavy (non-hydrogen) atoms. The van der Waals surface area contributed by atoms with E-state index in [0.717, 1.165) is 12.1 Å². The van der Waals surface area contributed by atoms with E-state index >= 15 is 0 Å². The lowest BCUT2D eigenvalue weighted by Crippen LogP contribution is -2.41. The van der Waals surface area contributed by atoms with Crippen LogP contribution in [-0.4, -0.2) is 29.8 Å². The van der Waals surface area contributed by atoms with Crippen LogP contribution in [0.2, 0.25) is 0 Å². The lowest BCUT2D eigenvalue weighted by atomic mass is 9.95. The van der Waals surface area contributed by atoms with E-state index in [1.165, 1.54) is 29.2 Å². The Morgan fingerprint density at radius 3 is 2.27 bits per heavy atom. The SMILES string of the molecule is O=C(Nc1ccccc1F)C1CCN(C(=O)c2ccc(F)c(F)c2)CC1. The van der Waals surface area contributed by atoms with Crippen molar-refractivity contribution in [1.82, 2.24) is 4.90 Å². The molecule has 1 heterocycles. The van der Waals surface area contributed by atoms with Gasteiger partial charge in [0, 0.05) is 24.6 Å². The number of likely N-dealkylation sites (tertiary alicyclic amines) is 1. The van der Waals surface area contributed by atoms with Crippen molar-refractivity contribution in [3.05, 3.63) is 65.5 Å². The zero-order valence-electron chi connectivity index (χ0n) is 13.8. The highest BCUT2D eigenvalue weighted by Crippen LogP contribution is 2.22. The molecule has 4 nitrogen and oxygen atoms in total. The predicted molar refractivity (Wildman–Crippen MR) is 90.0 cm³/mol. The summed E-state index contributed by atoms with van der Waals surface area (Å²) in [5.41, 5.74) is 0.191. The Morgan fingerprint density at radius 1 is 0.923 bits per heavy atom. The molecular weight excluding hydrogens is 345 g/mol. The molecule has 136 valence electrons. The van der Waals surface area contributed by atoms with E-state index in [9.17, 15) is 22.8 Å². The van der Waals surface area contributed by atoms with Crippen molar-refractivity contribution in [2.24, 2.45) is 5.92 Å². The Hall–Kier alpha value is -2.83. The second kappa shape index (κ2) is 7.59. The molecule has 7 heteroatoms. The van der Waals surface area contributed by atoms with E-state index in [1.807, 2.05) is 0 Å². The number of hydrogen-bond acceptors (Lipinski definition) is 2. The third kappa shape index (κ3) is 3.87. The van der Waals surface area contributed by atoms with Crippen molar-refractivity contribution >= 4 is 17.5 Å². The Kier molecular flexibility index (Phi) is 5.25. The van der Waals surface area contributed by atoms with Crippen LogP contribution in [0, 0.1) is 23.4 Å². The molecule has 0 aromatic heterocycles. The summed E-state index contributed by atoms with van der Waals surface area (Å²) in [7, 11) is 0. The smallest absolute Gasteiger partial charge is 0.253 e. The van der Waals surface area contributed by atoms with Crippen molar-refractivity contribution in [2.45, 2.75) is 12.8 Å². The summed E-state index contributed by atoms with van der Waals surface area (Å²) in [6.45, 7) is 0.625. The number of nitrogens with zero attached hydrogens (tertiary/aromatic N) is 1. The molecule has 0 atom stereocenters. The maximum Gasteiger partial charge on any atom is 0.253 e. The molecule has 1 N–H and O–H groups in total. The second-order valence-corrected chi connectivity index (χ2v) is 6.16. The third-order valence-corrected chi connectivity index (χ3v) is 4.45. The fourth-order valence-electron chi connectivity index (χ4n) is 2.95. The van der Waals surface area contributed by atoms with Gasteiger partial charge in [0.15, 0.2) is 11.6 Å². The van der Waals surface area contributed by atoms with Crippen LogP contribution in [-0.2, 0) is 4.79 Å². The van der Waals surface area contributed by atoms with E-state index in [4.69, 9.17) is 0 Å². The minimum absolute atomic E-state index is 0.0677. The first-order chi connectivity index (χ1) is 12.5. The monoisotopic (exact) mass is 362 g/mol. The van der Waals surface area contributed by atoms with Crippen molar-refractivity contribution in [3.63, 3.8) is 0 Å². The molecule has 0 saturated carbocycles. The van der Waals surface area contributed by atoms with Crippen LogP contribution in [0.25, 0.3) is 0 Å². The summed E-state index contributed by atoms with van der Waals surface area (Å²) in [5.74, 6) is -3.64. The van der Waals surface area contributed by atoms with Crippen LogP contribution in [0.15, 0.2) is 42.5 Å². The van der Waals surface area contributed by atoms with Crippen molar-refractivity contribution < 1.29 is 22.8 Å². The second-order valence-electron chi connectivity index (χ2n) is 6.16. The summed E-state index contributed by atoms with van der Waals surface area (Å²) in [4.78, 5) is 26.1. The van der Waals surface area contributed by atoms with E-state index < -0.39 is 23.4 Å². The fraction of sp³-hybridized carbons (Fsp3) is 0.263. The fourth-order valence-corrected chi connectivity index (χ4v) is 2.95. The molecule has 0 bridgehead atoms. The molecule has 0 unspecified atom stereocenters. The highest BCUT2D eigenvalue weighted by atomic mass is 19.2. The molecule has 0 spiro atoms. The topological polar surface area (TPSA) is 49.4 Å². The Balaban J connectivity index is 1.58. The van der Waals surface area contributed by atoms with Gasteiger partial charge in [0.05, 0.1) is 5.69 Å². The number of para-hydroxylation sites is 1. The normalized spacial score (nSPS) is 15.0. The molecule has 2 aromatic rings. The lowest BCUT2D eigenvalue weighted by molar-refractivity contribution is -0.121. The zero-order valence-corrected chi connectivity index (χ0v) is 13.8. The van der Waals surface area contributed by atoms with Crippen molar-refractivity contribution in [2.75, 3.05) is 18.4 Å². The number of carbonyl (C=O) groups excluding carboxylic acids is 2. The first-order valence-electron chi connectivity index (χ1n) is 8.25. The maximum atomic E-state index is 13.6. The van der Waals surface area contributed by atoms with E-state index in [1.54, 1.807) is 6.07 Å². The number of hydrogen-bond donors (Lipinski definition) is 1. The van der Waals surface area contributed by atoms with Crippen LogP contribution in [0.4, 0.5) is 18.9 Å². The molecule has 3 rings (SSSR count). The summed E-state index contributed by atoms with van der Waals surface area (Å²) in [6.07, 6.45) is 0.825. The van der Waals surface area contributed by atoms with Gasteiger partial charge in [-0.1, -0.05) is 12.1 Å². The van der Waals surface area contributed by atoms with Gasteiger partial charge in [0.25, 0.3) is 5.91 Å². The summed E-state index contributed by atoms with van der Waals surface area (Å²) < 4.78 is 39.9. The molecule has 1 aliphatic rings. The number of rotatable bonds is 3. The maximum absolute atomic E-state index is 13.6. The third-order valence-electron chi connectivity index (χ3n) is 4.45. The largest absolute Gasteiger partial charge is 0.339 e. The van der Waals surface area contributed by atoms with Gasteiger partial charge >= 0.3 is 0 Å². The van der Waals surface area contributed by atoms with Gasteiger partial charge in [-0.3, -0.25) is 9.59 Å². The number of nitrogens with one attached hydrogen (secondary N) is 1. The van der Waals surface area contributed by atoms with Crippen LogP contribution < -0.4 is 5.32 Å². The van der Waals surface area contributed by atoms with Gasteiger partial charge in [-0.2, -0.15) is 0 Å². The standard InChI is InChI=1S/C19H17F3N2O2/c20-14-6-5-13(11-16(14)22)19(26)24-9-7-12(8-10-24)18(25)23-17-4-2-1-3-15(17)21/h1-6,11-12H,7-10H2,(H,23,25). The molecule has 0 radical (unpaired) electrons. The quantitative estimate of drug-likeness (QED) is 0.907. The number of piperidine rings is 1. The molecule has 1 saturated heterocycles. The minimum atomic E-state index is -1.07. The van der Waals surface area contributed by atoms with Gasteiger partial charge in [-0.25, -0.2) is 13.2 Å². The number of carbonyl (C=O) groups is 2. The molecule has 1 aliphatic heterocycles. The highest BCUT2D eigenvalue weighted by Gasteiger charge is 2.28. The number of anilines is 1.